The molecule has 5 atom stereocenters. The number of carbonyl (C=O) groups is 1. The third kappa shape index (κ3) is 4.99. The molecule has 1 rings (SSSR count). The Labute approximate surface area is 132 Å². The van der Waals surface area contributed by atoms with Gasteiger partial charge in [0.15, 0.2) is 5.96 Å². The van der Waals surface area contributed by atoms with Crippen LogP contribution in [0.2, 0.25) is 0 Å². The molecule has 0 aromatic carbocycles. The number of aliphatic carboxylic acids is 1. The van der Waals surface area contributed by atoms with E-state index in [4.69, 9.17) is 26.7 Å². The van der Waals surface area contributed by atoms with Gasteiger partial charge in [0, 0.05) is 6.54 Å². The van der Waals surface area contributed by atoms with Gasteiger partial charge in [0.25, 0.3) is 0 Å². The number of carboxylic acid groups (broad SMARTS) is 1. The van der Waals surface area contributed by atoms with Crippen molar-refractivity contribution < 1.29 is 35.1 Å². The van der Waals surface area contributed by atoms with Crippen molar-refractivity contribution in [3.63, 3.8) is 0 Å². The van der Waals surface area contributed by atoms with E-state index in [2.05, 4.69) is 0 Å². The molecule has 23 heavy (non-hydrogen) atoms. The van der Waals surface area contributed by atoms with Gasteiger partial charge in [-0.05, 0) is 12.8 Å². The summed E-state index contributed by atoms with van der Waals surface area (Å²) in [7, 11) is 0. The first-order valence-corrected chi connectivity index (χ1v) is 7.06. The van der Waals surface area contributed by atoms with Gasteiger partial charge in [0.2, 0.25) is 5.79 Å². The van der Waals surface area contributed by atoms with Gasteiger partial charge in [-0.3, -0.25) is 10.2 Å². The highest BCUT2D eigenvalue weighted by atomic mass is 16.6. The molecule has 0 aromatic heterocycles. The third-order valence-electron chi connectivity index (χ3n) is 3.70. The van der Waals surface area contributed by atoms with Crippen molar-refractivity contribution in [2.24, 2.45) is 11.5 Å². The van der Waals surface area contributed by atoms with Gasteiger partial charge in [-0.1, -0.05) is 0 Å². The number of carboxylic acids is 1. The van der Waals surface area contributed by atoms with Crippen molar-refractivity contribution in [2.75, 3.05) is 19.7 Å². The fourth-order valence-electron chi connectivity index (χ4n) is 2.21. The monoisotopic (exact) mass is 336 g/mol. The van der Waals surface area contributed by atoms with Gasteiger partial charge in [-0.15, -0.1) is 0 Å². The average Bonchev–Trinajstić information content (AvgIpc) is 2.48. The van der Waals surface area contributed by atoms with E-state index in [1.165, 1.54) is 0 Å². The van der Waals surface area contributed by atoms with E-state index in [0.29, 0.717) is 0 Å². The zero-order chi connectivity index (χ0) is 17.8. The molecule has 0 saturated carbocycles. The number of nitrogens with two attached hydrogens (primary N) is 2. The van der Waals surface area contributed by atoms with E-state index in [1.807, 2.05) is 0 Å². The molecule has 0 aliphatic carbocycles. The molecule has 134 valence electrons. The fraction of sp³-hybridized carbons (Fsp3) is 0.833. The predicted octanol–water partition coefficient (Wildman–Crippen LogP) is -3.82. The molecule has 1 saturated heterocycles. The number of nitrogens with one attached hydrogen (secondary N) is 1. The maximum absolute atomic E-state index is 10.6. The summed E-state index contributed by atoms with van der Waals surface area (Å²) in [6, 6.07) is -1.06. The number of rotatable bonds is 7. The maximum Gasteiger partial charge on any atom is 0.320 e. The van der Waals surface area contributed by atoms with Gasteiger partial charge in [-0.25, -0.2) is 0 Å². The van der Waals surface area contributed by atoms with Crippen LogP contribution in [0.5, 0.6) is 0 Å². The molecule has 1 heterocycles. The van der Waals surface area contributed by atoms with Crippen molar-refractivity contribution in [1.29, 1.82) is 5.41 Å². The number of guanidine groups is 1. The summed E-state index contributed by atoms with van der Waals surface area (Å²) >= 11 is 0. The van der Waals surface area contributed by atoms with Gasteiger partial charge >= 0.3 is 5.97 Å². The Hall–Kier alpha value is -1.50. The smallest absolute Gasteiger partial charge is 0.320 e. The molecule has 0 amide bonds. The van der Waals surface area contributed by atoms with Crippen LogP contribution in [-0.4, -0.2) is 92.2 Å². The Morgan fingerprint density at radius 1 is 1.43 bits per heavy atom. The normalized spacial score (nSPS) is 32.3. The lowest BCUT2D eigenvalue weighted by atomic mass is 9.96. The fourth-order valence-corrected chi connectivity index (χ4v) is 2.21. The molecular weight excluding hydrogens is 312 g/mol. The van der Waals surface area contributed by atoms with Crippen LogP contribution in [0, 0.1) is 5.41 Å². The zero-order valence-electron chi connectivity index (χ0n) is 12.5. The van der Waals surface area contributed by atoms with Crippen LogP contribution in [0.25, 0.3) is 0 Å². The molecule has 0 bridgehead atoms. The van der Waals surface area contributed by atoms with Crippen LogP contribution in [-0.2, 0) is 9.53 Å². The van der Waals surface area contributed by atoms with Crippen LogP contribution < -0.4 is 11.5 Å². The molecule has 1 fully saturated rings. The summed E-state index contributed by atoms with van der Waals surface area (Å²) in [6.07, 6.45) is -4.35. The second-order valence-electron chi connectivity index (χ2n) is 5.55. The molecule has 10 N–H and O–H groups in total. The van der Waals surface area contributed by atoms with Crippen LogP contribution in [0.3, 0.4) is 0 Å². The van der Waals surface area contributed by atoms with Crippen molar-refractivity contribution in [1.82, 2.24) is 4.90 Å². The summed E-state index contributed by atoms with van der Waals surface area (Å²) in [5.74, 6) is -3.81. The number of aliphatic hydroxyl groups is 4. The van der Waals surface area contributed by atoms with E-state index in [0.717, 1.165) is 4.90 Å². The Bertz CT molecular complexity index is 438. The molecule has 1 aliphatic rings. The third-order valence-corrected chi connectivity index (χ3v) is 3.70. The van der Waals surface area contributed by atoms with Gasteiger partial charge in [-0.2, -0.15) is 0 Å². The van der Waals surface area contributed by atoms with E-state index >= 15 is 0 Å². The lowest BCUT2D eigenvalue weighted by molar-refractivity contribution is -0.322. The van der Waals surface area contributed by atoms with Crippen LogP contribution in [0.1, 0.15) is 12.8 Å². The highest BCUT2D eigenvalue weighted by Crippen LogP contribution is 2.25. The largest absolute Gasteiger partial charge is 0.480 e. The molecule has 11 nitrogen and oxygen atoms in total. The Kier molecular flexibility index (Phi) is 6.68. The number of hydrogen-bond acceptors (Lipinski definition) is 8. The molecule has 1 aliphatic heterocycles. The van der Waals surface area contributed by atoms with E-state index in [1.54, 1.807) is 0 Å². The molecule has 0 spiro atoms. The van der Waals surface area contributed by atoms with E-state index in [-0.39, 0.29) is 19.4 Å². The van der Waals surface area contributed by atoms with Gasteiger partial charge < -0.3 is 46.6 Å². The number of aliphatic hydroxyl groups excluding tert-OH is 3. The lowest BCUT2D eigenvalue weighted by Crippen LogP contribution is -2.65. The van der Waals surface area contributed by atoms with Gasteiger partial charge in [0.05, 0.1) is 13.2 Å². The second-order valence-corrected chi connectivity index (χ2v) is 5.55. The van der Waals surface area contributed by atoms with Crippen molar-refractivity contribution >= 4 is 11.9 Å². The number of ether oxygens (including phenoxy) is 1. The minimum absolute atomic E-state index is 0.0906. The number of hydrogen-bond donors (Lipinski definition) is 8. The molecule has 11 heteroatoms. The van der Waals surface area contributed by atoms with E-state index in [9.17, 15) is 25.2 Å². The summed E-state index contributed by atoms with van der Waals surface area (Å²) in [6.45, 7) is -0.743. The quantitative estimate of drug-likeness (QED) is 0.168. The SMILES string of the molecule is N=C(N)N(CCCC(N)C(=O)O)CC1(O)OCC(O)C(O)C1O. The minimum atomic E-state index is -2.22. The van der Waals surface area contributed by atoms with Crippen LogP contribution >= 0.6 is 0 Å². The first kappa shape index (κ1) is 19.5. The van der Waals surface area contributed by atoms with Crippen LogP contribution in [0.15, 0.2) is 0 Å². The summed E-state index contributed by atoms with van der Waals surface area (Å²) in [5.41, 5.74) is 10.8. The zero-order valence-corrected chi connectivity index (χ0v) is 12.5. The van der Waals surface area contributed by atoms with Gasteiger partial charge in [0.1, 0.15) is 24.4 Å². The Morgan fingerprint density at radius 3 is 2.57 bits per heavy atom. The first-order chi connectivity index (χ1) is 10.6. The minimum Gasteiger partial charge on any atom is -0.480 e. The Balaban J connectivity index is 2.64. The summed E-state index contributed by atoms with van der Waals surface area (Å²) in [5, 5.41) is 55.3. The Morgan fingerprint density at radius 2 is 2.04 bits per heavy atom. The average molecular weight is 336 g/mol. The molecule has 0 aromatic rings. The standard InChI is InChI=1S/C12H24N4O7/c13-6(10(20)21)2-1-3-16(11(14)15)5-12(22)9(19)8(18)7(17)4-23-12/h6-9,17-19,22H,1-5,13H2,(H3,14,15)(H,20,21). The molecule has 5 unspecified atom stereocenters. The first-order valence-electron chi connectivity index (χ1n) is 7.06. The molecular formula is C12H24N4O7. The van der Waals surface area contributed by atoms with Crippen molar-refractivity contribution in [3.05, 3.63) is 0 Å². The van der Waals surface area contributed by atoms with Crippen LogP contribution in [0.4, 0.5) is 0 Å². The summed E-state index contributed by atoms with van der Waals surface area (Å²) < 4.78 is 4.99. The van der Waals surface area contributed by atoms with Crippen molar-refractivity contribution in [2.45, 2.75) is 43.0 Å². The topological polar surface area (TPSA) is 207 Å². The highest BCUT2D eigenvalue weighted by molar-refractivity contribution is 5.74. The number of nitrogens with zero attached hydrogens (tertiary/aromatic N) is 1. The highest BCUT2D eigenvalue weighted by Gasteiger charge is 2.49. The molecule has 0 radical (unpaired) electrons. The second kappa shape index (κ2) is 7.86. The maximum atomic E-state index is 10.6. The van der Waals surface area contributed by atoms with E-state index < -0.39 is 55.2 Å². The predicted molar refractivity (Wildman–Crippen MR) is 77.3 cm³/mol. The van der Waals surface area contributed by atoms with Crippen molar-refractivity contribution in [3.8, 4) is 0 Å². The summed E-state index contributed by atoms with van der Waals surface area (Å²) in [4.78, 5) is 11.8. The lowest BCUT2D eigenvalue weighted by Gasteiger charge is -2.43.